The smallest absolute Gasteiger partial charge is 0.340 e. The van der Waals surface area contributed by atoms with Crippen LogP contribution in [0.5, 0.6) is 0 Å². The van der Waals surface area contributed by atoms with Crippen molar-refractivity contribution in [2.75, 3.05) is 0 Å². The maximum Gasteiger partial charge on any atom is 0.340 e. The highest BCUT2D eigenvalue weighted by atomic mass is 32.2. The van der Waals surface area contributed by atoms with Crippen LogP contribution in [-0.2, 0) is 4.79 Å². The lowest BCUT2D eigenvalue weighted by Crippen LogP contribution is -2.00. The van der Waals surface area contributed by atoms with E-state index in [1.807, 2.05) is 6.08 Å². The standard InChI is InChI=1S/C8H10O2S/c9-8(10)7-2-1-5-11(7)6-3-4-6/h1-2,5-6,11H,3-4H2,(H,9,10). The van der Waals surface area contributed by atoms with Crippen LogP contribution in [0.4, 0.5) is 0 Å². The molecule has 0 spiro atoms. The van der Waals surface area contributed by atoms with Gasteiger partial charge in [-0.2, -0.15) is 10.9 Å². The number of hydrogen-bond donors (Lipinski definition) is 2. The van der Waals surface area contributed by atoms with E-state index >= 15 is 0 Å². The molecule has 0 bridgehead atoms. The van der Waals surface area contributed by atoms with Gasteiger partial charge in [0.05, 0.1) is 4.91 Å². The third-order valence-corrected chi connectivity index (χ3v) is 4.63. The number of rotatable bonds is 2. The van der Waals surface area contributed by atoms with E-state index in [-0.39, 0.29) is 0 Å². The Kier molecular flexibility index (Phi) is 1.53. The number of carboxylic acid groups (broad SMARTS) is 1. The minimum atomic E-state index is -0.729. The van der Waals surface area contributed by atoms with Crippen molar-refractivity contribution < 1.29 is 9.90 Å². The van der Waals surface area contributed by atoms with Crippen LogP contribution in [0.15, 0.2) is 22.5 Å². The average molecular weight is 170 g/mol. The Bertz CT molecular complexity index is 251. The molecule has 1 fully saturated rings. The van der Waals surface area contributed by atoms with Gasteiger partial charge < -0.3 is 5.11 Å². The molecule has 3 heteroatoms. The minimum Gasteiger partial charge on any atom is -0.477 e. The monoisotopic (exact) mass is 170 g/mol. The van der Waals surface area contributed by atoms with Crippen molar-refractivity contribution in [1.29, 1.82) is 0 Å². The maximum absolute atomic E-state index is 10.7. The molecule has 2 rings (SSSR count). The highest BCUT2D eigenvalue weighted by molar-refractivity contribution is 8.24. The zero-order valence-corrected chi connectivity index (χ0v) is 6.92. The maximum atomic E-state index is 10.7. The molecule has 0 saturated heterocycles. The number of thiol groups is 1. The van der Waals surface area contributed by atoms with Crippen LogP contribution in [0.1, 0.15) is 12.8 Å². The fourth-order valence-electron chi connectivity index (χ4n) is 1.25. The van der Waals surface area contributed by atoms with E-state index in [1.54, 1.807) is 6.08 Å². The molecular formula is C8H10O2S. The van der Waals surface area contributed by atoms with Crippen LogP contribution in [0.2, 0.25) is 0 Å². The van der Waals surface area contributed by atoms with E-state index in [0.29, 0.717) is 10.2 Å². The van der Waals surface area contributed by atoms with Crippen molar-refractivity contribution in [3.63, 3.8) is 0 Å². The quantitative estimate of drug-likeness (QED) is 0.618. The lowest BCUT2D eigenvalue weighted by atomic mass is 10.5. The Morgan fingerprint density at radius 2 is 2.36 bits per heavy atom. The van der Waals surface area contributed by atoms with Crippen molar-refractivity contribution in [1.82, 2.24) is 0 Å². The molecule has 0 radical (unpaired) electrons. The molecule has 1 N–H and O–H groups in total. The van der Waals surface area contributed by atoms with Gasteiger partial charge in [-0.25, -0.2) is 4.79 Å². The fraction of sp³-hybridized carbons (Fsp3) is 0.375. The lowest BCUT2D eigenvalue weighted by Gasteiger charge is -2.12. The Hall–Kier alpha value is -0.700. The second kappa shape index (κ2) is 2.41. The van der Waals surface area contributed by atoms with Crippen molar-refractivity contribution in [2.24, 2.45) is 0 Å². The number of hydrogen-bond acceptors (Lipinski definition) is 1. The zero-order valence-electron chi connectivity index (χ0n) is 6.03. The van der Waals surface area contributed by atoms with Gasteiger partial charge in [-0.1, -0.05) is 6.08 Å². The molecule has 2 nitrogen and oxygen atoms in total. The topological polar surface area (TPSA) is 37.3 Å². The zero-order chi connectivity index (χ0) is 7.84. The molecule has 0 amide bonds. The summed E-state index contributed by atoms with van der Waals surface area (Å²) in [6, 6.07) is 0. The molecule has 0 aromatic rings. The molecular weight excluding hydrogens is 160 g/mol. The Morgan fingerprint density at radius 3 is 2.91 bits per heavy atom. The largest absolute Gasteiger partial charge is 0.477 e. The summed E-state index contributed by atoms with van der Waals surface area (Å²) in [7, 11) is -0.415. The van der Waals surface area contributed by atoms with Crippen LogP contribution in [0.25, 0.3) is 0 Å². The highest BCUT2D eigenvalue weighted by Gasteiger charge is 2.32. The van der Waals surface area contributed by atoms with Gasteiger partial charge in [-0.3, -0.25) is 0 Å². The molecule has 1 aliphatic heterocycles. The Labute approximate surface area is 67.9 Å². The molecule has 1 unspecified atom stereocenters. The lowest BCUT2D eigenvalue weighted by molar-refractivity contribution is -0.131. The highest BCUT2D eigenvalue weighted by Crippen LogP contribution is 2.54. The summed E-state index contributed by atoms with van der Waals surface area (Å²) in [6.07, 6.45) is 6.07. The van der Waals surface area contributed by atoms with Gasteiger partial charge in [0, 0.05) is 0 Å². The number of aliphatic carboxylic acids is 1. The predicted molar refractivity (Wildman–Crippen MR) is 46.9 cm³/mol. The fourth-order valence-corrected chi connectivity index (χ4v) is 3.50. The summed E-state index contributed by atoms with van der Waals surface area (Å²) < 4.78 is 0. The summed E-state index contributed by atoms with van der Waals surface area (Å²) >= 11 is 0. The van der Waals surface area contributed by atoms with Gasteiger partial charge in [-0.05, 0) is 29.6 Å². The normalized spacial score (nSPS) is 32.0. The average Bonchev–Trinajstić information content (AvgIpc) is 2.68. The minimum absolute atomic E-state index is 0.415. The van der Waals surface area contributed by atoms with Crippen LogP contribution in [0.3, 0.4) is 0 Å². The molecule has 1 saturated carbocycles. The Morgan fingerprint density at radius 1 is 1.64 bits per heavy atom. The summed E-state index contributed by atoms with van der Waals surface area (Å²) in [5.41, 5.74) is 0. The van der Waals surface area contributed by atoms with Crippen LogP contribution < -0.4 is 0 Å². The first-order chi connectivity index (χ1) is 5.29. The first kappa shape index (κ1) is 6.98. The van der Waals surface area contributed by atoms with E-state index in [1.165, 1.54) is 12.8 Å². The van der Waals surface area contributed by atoms with Gasteiger partial charge in [0.25, 0.3) is 0 Å². The number of carboxylic acids is 1. The molecule has 60 valence electrons. The molecule has 11 heavy (non-hydrogen) atoms. The molecule has 1 atom stereocenters. The number of carbonyl (C=O) groups is 1. The molecule has 1 aliphatic carbocycles. The third-order valence-electron chi connectivity index (χ3n) is 1.94. The van der Waals surface area contributed by atoms with Gasteiger partial charge in [0.1, 0.15) is 0 Å². The Balaban J connectivity index is 2.15. The van der Waals surface area contributed by atoms with Gasteiger partial charge in [0.2, 0.25) is 0 Å². The SMILES string of the molecule is O=C(O)C1=CC=C[SH]1C1CC1. The van der Waals surface area contributed by atoms with E-state index in [4.69, 9.17) is 5.11 Å². The first-order valence-corrected chi connectivity index (χ1v) is 5.17. The van der Waals surface area contributed by atoms with E-state index in [9.17, 15) is 4.79 Å². The van der Waals surface area contributed by atoms with Gasteiger partial charge in [-0.15, -0.1) is 0 Å². The molecule has 2 aliphatic rings. The summed E-state index contributed by atoms with van der Waals surface area (Å²) in [5, 5.41) is 11.5. The summed E-state index contributed by atoms with van der Waals surface area (Å²) in [5.74, 6) is -0.729. The third kappa shape index (κ3) is 1.20. The van der Waals surface area contributed by atoms with Gasteiger partial charge >= 0.3 is 5.97 Å². The summed E-state index contributed by atoms with van der Waals surface area (Å²) in [6.45, 7) is 0. The predicted octanol–water partition coefficient (Wildman–Crippen LogP) is 1.65. The van der Waals surface area contributed by atoms with Gasteiger partial charge in [0.15, 0.2) is 0 Å². The number of allylic oxidation sites excluding steroid dienone is 2. The van der Waals surface area contributed by atoms with Crippen LogP contribution >= 0.6 is 10.9 Å². The van der Waals surface area contributed by atoms with Crippen molar-refractivity contribution in [3.8, 4) is 0 Å². The molecule has 1 heterocycles. The first-order valence-electron chi connectivity index (χ1n) is 3.69. The second-order valence-corrected chi connectivity index (χ2v) is 5.16. The molecule has 0 aromatic heterocycles. The van der Waals surface area contributed by atoms with Crippen LogP contribution in [0, 0.1) is 0 Å². The van der Waals surface area contributed by atoms with Crippen molar-refractivity contribution >= 4 is 16.9 Å². The van der Waals surface area contributed by atoms with Crippen molar-refractivity contribution in [3.05, 3.63) is 22.5 Å². The van der Waals surface area contributed by atoms with Crippen LogP contribution in [-0.4, -0.2) is 16.3 Å². The van der Waals surface area contributed by atoms with E-state index < -0.39 is 16.9 Å². The van der Waals surface area contributed by atoms with Crippen molar-refractivity contribution in [2.45, 2.75) is 18.1 Å². The summed E-state index contributed by atoms with van der Waals surface area (Å²) in [4.78, 5) is 11.3. The second-order valence-electron chi connectivity index (χ2n) is 2.84. The van der Waals surface area contributed by atoms with E-state index in [2.05, 4.69) is 5.41 Å². The van der Waals surface area contributed by atoms with E-state index in [0.717, 1.165) is 0 Å². The molecule has 0 aromatic carbocycles.